The number of ether oxygens (including phenoxy) is 1. The summed E-state index contributed by atoms with van der Waals surface area (Å²) in [4.78, 5) is 21.9. The molecular weight excluding hydrogens is 234 g/mol. The number of hydrogen-bond donors (Lipinski definition) is 0. The van der Waals surface area contributed by atoms with Crippen LogP contribution in [0.1, 0.15) is 32.6 Å². The number of nitro groups is 1. The van der Waals surface area contributed by atoms with E-state index < -0.39 is 16.3 Å². The second-order valence-electron chi connectivity index (χ2n) is 4.05. The van der Waals surface area contributed by atoms with E-state index in [4.69, 9.17) is 16.3 Å². The topological polar surface area (TPSA) is 69.4 Å². The van der Waals surface area contributed by atoms with Crippen molar-refractivity contribution in [3.8, 4) is 0 Å². The molecule has 0 spiro atoms. The molecule has 0 saturated heterocycles. The summed E-state index contributed by atoms with van der Waals surface area (Å²) in [5.74, 6) is -0.686. The van der Waals surface area contributed by atoms with Crippen molar-refractivity contribution < 1.29 is 14.5 Å². The Balaban J connectivity index is 2.51. The molecule has 0 aliphatic heterocycles. The summed E-state index contributed by atoms with van der Waals surface area (Å²) in [6.07, 6.45) is 2.04. The van der Waals surface area contributed by atoms with Gasteiger partial charge in [-0.1, -0.05) is 6.92 Å². The first-order chi connectivity index (χ1) is 7.56. The first kappa shape index (κ1) is 13.2. The molecule has 6 heteroatoms. The van der Waals surface area contributed by atoms with E-state index in [2.05, 4.69) is 0 Å². The third kappa shape index (κ3) is 3.33. The summed E-state index contributed by atoms with van der Waals surface area (Å²) >= 11 is 5.86. The lowest BCUT2D eigenvalue weighted by Gasteiger charge is -2.26. The smallest absolute Gasteiger partial charge is 0.309 e. The Hall–Kier alpha value is -0.840. The summed E-state index contributed by atoms with van der Waals surface area (Å²) in [6, 6.07) is -0.824. The molecule has 0 amide bonds. The first-order valence-electron chi connectivity index (χ1n) is 5.50. The Morgan fingerprint density at radius 3 is 2.81 bits per heavy atom. The average Bonchev–Trinajstić information content (AvgIpc) is 2.26. The van der Waals surface area contributed by atoms with Crippen LogP contribution in [0.5, 0.6) is 0 Å². The SMILES string of the molecule is CCCOC(=O)C1CCC(Cl)C([N+](=O)[O-])C1. The van der Waals surface area contributed by atoms with Gasteiger partial charge in [-0.2, -0.15) is 0 Å². The fraction of sp³-hybridized carbons (Fsp3) is 0.900. The zero-order chi connectivity index (χ0) is 12.1. The van der Waals surface area contributed by atoms with Crippen molar-refractivity contribution >= 4 is 17.6 Å². The second kappa shape index (κ2) is 6.03. The van der Waals surface area contributed by atoms with Gasteiger partial charge in [-0.15, -0.1) is 11.6 Å². The molecule has 0 aromatic rings. The van der Waals surface area contributed by atoms with E-state index in [1.807, 2.05) is 6.92 Å². The Morgan fingerprint density at radius 2 is 2.25 bits per heavy atom. The maximum absolute atomic E-state index is 11.5. The van der Waals surface area contributed by atoms with Crippen LogP contribution in [0.3, 0.4) is 0 Å². The van der Waals surface area contributed by atoms with Crippen molar-refractivity contribution in [3.63, 3.8) is 0 Å². The van der Waals surface area contributed by atoms with E-state index in [-0.39, 0.29) is 18.3 Å². The lowest BCUT2D eigenvalue weighted by Crippen LogP contribution is -2.39. The van der Waals surface area contributed by atoms with Gasteiger partial charge in [0, 0.05) is 11.3 Å². The Labute approximate surface area is 99.2 Å². The van der Waals surface area contributed by atoms with Crippen molar-refractivity contribution in [1.82, 2.24) is 0 Å². The maximum atomic E-state index is 11.5. The fourth-order valence-corrected chi connectivity index (χ4v) is 2.18. The number of carbonyl (C=O) groups excluding carboxylic acids is 1. The number of nitrogens with zero attached hydrogens (tertiary/aromatic N) is 1. The largest absolute Gasteiger partial charge is 0.465 e. The Kier molecular flexibility index (Phi) is 4.99. The van der Waals surface area contributed by atoms with Crippen LogP contribution >= 0.6 is 11.6 Å². The van der Waals surface area contributed by atoms with E-state index in [0.29, 0.717) is 19.4 Å². The minimum Gasteiger partial charge on any atom is -0.465 e. The number of esters is 1. The monoisotopic (exact) mass is 249 g/mol. The van der Waals surface area contributed by atoms with Gasteiger partial charge < -0.3 is 4.74 Å². The van der Waals surface area contributed by atoms with Gasteiger partial charge in [0.05, 0.1) is 12.5 Å². The van der Waals surface area contributed by atoms with Crippen LogP contribution in [0.15, 0.2) is 0 Å². The van der Waals surface area contributed by atoms with Gasteiger partial charge in [0.1, 0.15) is 5.38 Å². The van der Waals surface area contributed by atoms with Crippen LogP contribution in [0.2, 0.25) is 0 Å². The van der Waals surface area contributed by atoms with Crippen molar-refractivity contribution in [2.45, 2.75) is 44.0 Å². The van der Waals surface area contributed by atoms with Crippen LogP contribution in [0.4, 0.5) is 0 Å². The predicted octanol–water partition coefficient (Wildman–Crippen LogP) is 1.99. The van der Waals surface area contributed by atoms with Crippen molar-refractivity contribution in [2.75, 3.05) is 6.61 Å². The van der Waals surface area contributed by atoms with Crippen molar-refractivity contribution in [1.29, 1.82) is 0 Å². The zero-order valence-corrected chi connectivity index (χ0v) is 9.98. The summed E-state index contributed by atoms with van der Waals surface area (Å²) in [5.41, 5.74) is 0. The molecule has 3 atom stereocenters. The van der Waals surface area contributed by atoms with Crippen LogP contribution in [0, 0.1) is 16.0 Å². The van der Waals surface area contributed by atoms with Gasteiger partial charge in [-0.25, -0.2) is 0 Å². The third-order valence-corrected chi connectivity index (χ3v) is 3.30. The standard InChI is InChI=1S/C10H16ClNO4/c1-2-5-16-10(13)7-3-4-8(11)9(6-7)12(14)15/h7-9H,2-6H2,1H3. The Morgan fingerprint density at radius 1 is 1.56 bits per heavy atom. The maximum Gasteiger partial charge on any atom is 0.309 e. The quantitative estimate of drug-likeness (QED) is 0.331. The fourth-order valence-electron chi connectivity index (χ4n) is 1.86. The molecule has 0 radical (unpaired) electrons. The highest BCUT2D eigenvalue weighted by Crippen LogP contribution is 2.30. The van der Waals surface area contributed by atoms with E-state index in [1.165, 1.54) is 0 Å². The lowest BCUT2D eigenvalue weighted by atomic mass is 9.85. The summed E-state index contributed by atoms with van der Waals surface area (Å²) in [5, 5.41) is 10.2. The normalized spacial score (nSPS) is 29.8. The highest BCUT2D eigenvalue weighted by molar-refractivity contribution is 6.21. The predicted molar refractivity (Wildman–Crippen MR) is 59.0 cm³/mol. The summed E-state index contributed by atoms with van der Waals surface area (Å²) < 4.78 is 4.99. The highest BCUT2D eigenvalue weighted by atomic mass is 35.5. The second-order valence-corrected chi connectivity index (χ2v) is 4.61. The highest BCUT2D eigenvalue weighted by Gasteiger charge is 2.40. The third-order valence-electron chi connectivity index (χ3n) is 2.79. The number of carbonyl (C=O) groups is 1. The van der Waals surface area contributed by atoms with Gasteiger partial charge in [0.25, 0.3) is 0 Å². The van der Waals surface area contributed by atoms with E-state index in [9.17, 15) is 14.9 Å². The average molecular weight is 250 g/mol. The molecule has 1 rings (SSSR count). The van der Waals surface area contributed by atoms with Gasteiger partial charge in [-0.05, 0) is 19.3 Å². The molecule has 5 nitrogen and oxygen atoms in total. The molecule has 0 bridgehead atoms. The minimum absolute atomic E-state index is 0.198. The van der Waals surface area contributed by atoms with Gasteiger partial charge in [0.15, 0.2) is 0 Å². The molecule has 16 heavy (non-hydrogen) atoms. The molecule has 0 N–H and O–H groups in total. The molecular formula is C10H16ClNO4. The van der Waals surface area contributed by atoms with E-state index in [1.54, 1.807) is 0 Å². The van der Waals surface area contributed by atoms with E-state index >= 15 is 0 Å². The van der Waals surface area contributed by atoms with E-state index in [0.717, 1.165) is 6.42 Å². The van der Waals surface area contributed by atoms with Gasteiger partial charge in [0.2, 0.25) is 6.04 Å². The number of rotatable bonds is 4. The molecule has 1 aliphatic rings. The van der Waals surface area contributed by atoms with Crippen molar-refractivity contribution in [2.24, 2.45) is 5.92 Å². The number of hydrogen-bond acceptors (Lipinski definition) is 4. The summed E-state index contributed by atoms with van der Waals surface area (Å²) in [7, 11) is 0. The van der Waals surface area contributed by atoms with Gasteiger partial charge >= 0.3 is 5.97 Å². The Bertz CT molecular complexity index is 272. The molecule has 0 aromatic carbocycles. The van der Waals surface area contributed by atoms with Crippen LogP contribution in [0.25, 0.3) is 0 Å². The summed E-state index contributed by atoms with van der Waals surface area (Å²) in [6.45, 7) is 2.28. The van der Waals surface area contributed by atoms with Crippen molar-refractivity contribution in [3.05, 3.63) is 10.1 Å². The van der Waals surface area contributed by atoms with Crippen LogP contribution in [-0.4, -0.2) is 28.9 Å². The molecule has 92 valence electrons. The van der Waals surface area contributed by atoms with Crippen LogP contribution < -0.4 is 0 Å². The zero-order valence-electron chi connectivity index (χ0n) is 9.23. The minimum atomic E-state index is -0.824. The first-order valence-corrected chi connectivity index (χ1v) is 5.94. The molecule has 1 fully saturated rings. The molecule has 3 unspecified atom stereocenters. The molecule has 0 heterocycles. The van der Waals surface area contributed by atoms with Gasteiger partial charge in [-0.3, -0.25) is 14.9 Å². The molecule has 1 aliphatic carbocycles. The number of halogens is 1. The molecule has 0 aromatic heterocycles. The lowest BCUT2D eigenvalue weighted by molar-refractivity contribution is -0.526. The van der Waals surface area contributed by atoms with Crippen LogP contribution in [-0.2, 0) is 9.53 Å². The molecule has 1 saturated carbocycles. The number of alkyl halides is 1.